The van der Waals surface area contributed by atoms with E-state index in [4.69, 9.17) is 26.8 Å². The van der Waals surface area contributed by atoms with Crippen molar-refractivity contribution in [3.05, 3.63) is 9.34 Å². The molecule has 1 aromatic heterocycles. The summed E-state index contributed by atoms with van der Waals surface area (Å²) in [5.74, 6) is -0.320. The zero-order valence-corrected chi connectivity index (χ0v) is 14.1. The maximum atomic E-state index is 11.9. The number of carbonyl (C=O) groups excluding carboxylic acids is 1. The summed E-state index contributed by atoms with van der Waals surface area (Å²) in [5, 5.41) is 0. The second kappa shape index (κ2) is 6.10. The number of carbonyl (C=O) groups is 1. The minimum atomic E-state index is -0.895. The number of esters is 1. The molecule has 7 heteroatoms. The number of nitrogens with two attached hydrogens (primary N) is 1. The van der Waals surface area contributed by atoms with Crippen LogP contribution in [0.25, 0.3) is 0 Å². The van der Waals surface area contributed by atoms with Crippen LogP contribution in [0.1, 0.15) is 56.1 Å². The highest BCUT2D eigenvalue weighted by Gasteiger charge is 2.39. The zero-order valence-electron chi connectivity index (χ0n) is 12.6. The number of halogens is 1. The van der Waals surface area contributed by atoms with Crippen molar-refractivity contribution in [3.63, 3.8) is 0 Å². The lowest BCUT2D eigenvalue weighted by atomic mass is 9.66. The maximum Gasteiger partial charge on any atom is 0.354 e. The van der Waals surface area contributed by atoms with Crippen LogP contribution in [0.5, 0.6) is 5.88 Å². The minimum Gasteiger partial charge on any atom is -0.462 e. The van der Waals surface area contributed by atoms with Crippen molar-refractivity contribution in [2.75, 3.05) is 6.61 Å². The average molecular weight is 333 g/mol. The molecule has 1 heterocycles. The molecule has 0 amide bonds. The Balaban J connectivity index is 2.12. The van der Waals surface area contributed by atoms with Crippen LogP contribution in [0.2, 0.25) is 4.47 Å². The number of nitrogens with zero attached hydrogens (tertiary/aromatic N) is 1. The molecular formula is C14H21ClN2O3S. The van der Waals surface area contributed by atoms with Crippen LogP contribution >= 0.6 is 22.9 Å². The third-order valence-corrected chi connectivity index (χ3v) is 4.82. The van der Waals surface area contributed by atoms with Crippen LogP contribution in [0.15, 0.2) is 0 Å². The third kappa shape index (κ3) is 4.08. The van der Waals surface area contributed by atoms with Crippen LogP contribution in [-0.4, -0.2) is 23.3 Å². The summed E-state index contributed by atoms with van der Waals surface area (Å²) in [5.41, 5.74) is 5.55. The van der Waals surface area contributed by atoms with Gasteiger partial charge < -0.3 is 9.47 Å². The molecule has 5 nitrogen and oxygen atoms in total. The molecule has 2 rings (SSSR count). The van der Waals surface area contributed by atoms with E-state index < -0.39 is 11.7 Å². The van der Waals surface area contributed by atoms with E-state index in [2.05, 4.69) is 11.9 Å². The lowest BCUT2D eigenvalue weighted by Gasteiger charge is -2.43. The van der Waals surface area contributed by atoms with E-state index in [1.165, 1.54) is 6.42 Å². The van der Waals surface area contributed by atoms with Gasteiger partial charge in [0, 0.05) is 6.42 Å². The van der Waals surface area contributed by atoms with Crippen LogP contribution < -0.4 is 10.5 Å². The molecule has 1 fully saturated rings. The van der Waals surface area contributed by atoms with Gasteiger partial charge in [-0.25, -0.2) is 4.79 Å². The molecule has 0 aromatic carbocycles. The number of hydrogen-bond acceptors (Lipinski definition) is 6. The van der Waals surface area contributed by atoms with Gasteiger partial charge >= 0.3 is 5.97 Å². The molecule has 0 saturated heterocycles. The molecule has 1 aliphatic rings. The fourth-order valence-electron chi connectivity index (χ4n) is 2.74. The van der Waals surface area contributed by atoms with E-state index in [0.717, 1.165) is 24.2 Å². The number of ether oxygens (including phenoxy) is 2. The molecule has 1 atom stereocenters. The Morgan fingerprint density at radius 3 is 2.76 bits per heavy atom. The Morgan fingerprint density at radius 2 is 2.24 bits per heavy atom. The number of thiazole rings is 1. The molecule has 0 radical (unpaired) electrons. The summed E-state index contributed by atoms with van der Waals surface area (Å²) >= 11 is 6.93. The molecule has 1 saturated carbocycles. The number of aromatic nitrogens is 1. The van der Waals surface area contributed by atoms with E-state index in [1.807, 2.05) is 0 Å². The van der Waals surface area contributed by atoms with Crippen molar-refractivity contribution in [3.8, 4) is 5.88 Å². The van der Waals surface area contributed by atoms with Crippen LogP contribution in [-0.2, 0) is 4.74 Å². The predicted octanol–water partition coefficient (Wildman–Crippen LogP) is 3.61. The van der Waals surface area contributed by atoms with Gasteiger partial charge in [-0.3, -0.25) is 5.73 Å². The fourth-order valence-corrected chi connectivity index (χ4v) is 3.66. The first-order valence-corrected chi connectivity index (χ1v) is 8.25. The van der Waals surface area contributed by atoms with Gasteiger partial charge in [0.25, 0.3) is 0 Å². The Morgan fingerprint density at radius 1 is 1.57 bits per heavy atom. The van der Waals surface area contributed by atoms with Gasteiger partial charge in [0.15, 0.2) is 15.1 Å². The van der Waals surface area contributed by atoms with Crippen LogP contribution in [0.3, 0.4) is 0 Å². The van der Waals surface area contributed by atoms with Gasteiger partial charge in [-0.1, -0.05) is 36.3 Å². The Bertz CT molecular complexity index is 526. The molecule has 21 heavy (non-hydrogen) atoms. The van der Waals surface area contributed by atoms with Gasteiger partial charge in [-0.2, -0.15) is 4.98 Å². The summed E-state index contributed by atoms with van der Waals surface area (Å²) in [7, 11) is 0. The van der Waals surface area contributed by atoms with E-state index in [0.29, 0.717) is 6.42 Å². The summed E-state index contributed by atoms with van der Waals surface area (Å²) in [6.07, 6.45) is 4.22. The number of hydrogen-bond donors (Lipinski definition) is 1. The molecule has 1 aliphatic carbocycles. The first-order valence-electron chi connectivity index (χ1n) is 7.06. The van der Waals surface area contributed by atoms with Gasteiger partial charge in [-0.15, -0.1) is 0 Å². The molecule has 0 spiro atoms. The smallest absolute Gasteiger partial charge is 0.354 e. The van der Waals surface area contributed by atoms with Gasteiger partial charge in [-0.05, 0) is 32.1 Å². The second-order valence-corrected chi connectivity index (χ2v) is 7.66. The summed E-state index contributed by atoms with van der Waals surface area (Å²) < 4.78 is 11.0. The highest BCUT2D eigenvalue weighted by Crippen LogP contribution is 2.46. The Labute approximate surface area is 133 Å². The second-order valence-electron chi connectivity index (χ2n) is 6.08. The summed E-state index contributed by atoms with van der Waals surface area (Å²) in [6, 6.07) is 0. The highest BCUT2D eigenvalue weighted by atomic mass is 35.5. The minimum absolute atomic E-state index is 0.163. The molecule has 118 valence electrons. The van der Waals surface area contributed by atoms with Gasteiger partial charge in [0.05, 0.1) is 6.61 Å². The normalized spacial score (nSPS) is 19.5. The lowest BCUT2D eigenvalue weighted by molar-refractivity contribution is 0.00229. The van der Waals surface area contributed by atoms with E-state index in [9.17, 15) is 4.79 Å². The quantitative estimate of drug-likeness (QED) is 0.636. The predicted molar refractivity (Wildman–Crippen MR) is 82.9 cm³/mol. The Hall–Kier alpha value is -0.850. The summed E-state index contributed by atoms with van der Waals surface area (Å²) in [6.45, 7) is 6.03. The van der Waals surface area contributed by atoms with Crippen LogP contribution in [0, 0.1) is 5.41 Å². The van der Waals surface area contributed by atoms with Crippen molar-refractivity contribution in [2.45, 2.75) is 52.2 Å². The monoisotopic (exact) mass is 332 g/mol. The maximum absolute atomic E-state index is 11.9. The zero-order chi connectivity index (χ0) is 15.7. The van der Waals surface area contributed by atoms with E-state index in [-0.39, 0.29) is 27.2 Å². The Kier molecular flexibility index (Phi) is 4.80. The molecule has 2 N–H and O–H groups in total. The topological polar surface area (TPSA) is 74.4 Å². The first-order chi connectivity index (χ1) is 9.75. The highest BCUT2D eigenvalue weighted by molar-refractivity contribution is 7.17. The third-order valence-electron chi connectivity index (χ3n) is 3.70. The largest absolute Gasteiger partial charge is 0.462 e. The number of rotatable bonds is 6. The van der Waals surface area contributed by atoms with Gasteiger partial charge in [0.1, 0.15) is 0 Å². The molecule has 0 unspecified atom stereocenters. The van der Waals surface area contributed by atoms with Crippen molar-refractivity contribution >= 4 is 28.9 Å². The van der Waals surface area contributed by atoms with E-state index in [1.54, 1.807) is 13.8 Å². The molecular weight excluding hydrogens is 312 g/mol. The van der Waals surface area contributed by atoms with Crippen molar-refractivity contribution < 1.29 is 14.3 Å². The standard InChI is InChI=1S/C14H21ClN2O3S/c1-4-19-11(18)9-10(17-12(15)21-9)20-14(3,16)8-13(2)6-5-7-13/h4-8,16H2,1-3H3/t14-/m0/s1. The lowest BCUT2D eigenvalue weighted by Crippen LogP contribution is -2.48. The van der Waals surface area contributed by atoms with Gasteiger partial charge in [0.2, 0.25) is 5.88 Å². The molecule has 0 bridgehead atoms. The van der Waals surface area contributed by atoms with Crippen molar-refractivity contribution in [1.82, 2.24) is 4.98 Å². The average Bonchev–Trinajstić information content (AvgIpc) is 2.67. The van der Waals surface area contributed by atoms with Crippen molar-refractivity contribution in [2.24, 2.45) is 11.1 Å². The van der Waals surface area contributed by atoms with E-state index >= 15 is 0 Å². The molecule has 1 aromatic rings. The SMILES string of the molecule is CCOC(=O)c1sc(Cl)nc1O[C@](C)(N)CC1(C)CCC1. The van der Waals surface area contributed by atoms with Crippen LogP contribution in [0.4, 0.5) is 0 Å². The summed E-state index contributed by atoms with van der Waals surface area (Å²) in [4.78, 5) is 16.2. The fraction of sp³-hybridized carbons (Fsp3) is 0.714. The molecule has 0 aliphatic heterocycles. The first kappa shape index (κ1) is 16.5. The van der Waals surface area contributed by atoms with Crippen molar-refractivity contribution in [1.29, 1.82) is 0 Å².